The largest absolute Gasteiger partial charge is 0.0885 e. The molecule has 0 aliphatic heterocycles. The van der Waals surface area contributed by atoms with Gasteiger partial charge in [0.25, 0.3) is 0 Å². The van der Waals surface area contributed by atoms with Gasteiger partial charge in [-0.3, -0.25) is 0 Å². The molecule has 56 valence electrons. The first-order valence-corrected chi connectivity index (χ1v) is 5.40. The molecule has 0 aromatic carbocycles. The topological polar surface area (TPSA) is 0 Å². The van der Waals surface area contributed by atoms with Crippen LogP contribution in [-0.4, -0.2) is 4.83 Å². The fourth-order valence-corrected chi connectivity index (χ4v) is 4.73. The van der Waals surface area contributed by atoms with Gasteiger partial charge < -0.3 is 0 Å². The highest BCUT2D eigenvalue weighted by Crippen LogP contribution is 2.60. The second kappa shape index (κ2) is 1.80. The van der Waals surface area contributed by atoms with E-state index in [1.165, 1.54) is 0 Å². The summed E-state index contributed by atoms with van der Waals surface area (Å²) in [6.45, 7) is 0. The SMILES string of the molecule is BrC1C2CC3CC(C2)C1C3. The number of halogens is 1. The van der Waals surface area contributed by atoms with Gasteiger partial charge in [-0.05, 0) is 49.4 Å². The highest BCUT2D eigenvalue weighted by molar-refractivity contribution is 9.09. The van der Waals surface area contributed by atoms with Crippen molar-refractivity contribution in [3.05, 3.63) is 0 Å². The second-order valence-corrected chi connectivity index (χ2v) is 5.49. The Kier molecular flexibility index (Phi) is 1.09. The molecular weight excluding hydrogens is 188 g/mol. The summed E-state index contributed by atoms with van der Waals surface area (Å²) in [5.74, 6) is 4.43. The van der Waals surface area contributed by atoms with Gasteiger partial charge in [0.15, 0.2) is 0 Å². The predicted molar refractivity (Wildman–Crippen MR) is 45.1 cm³/mol. The van der Waals surface area contributed by atoms with Gasteiger partial charge in [0.1, 0.15) is 0 Å². The molecule has 10 heavy (non-hydrogen) atoms. The molecule has 0 radical (unpaired) electrons. The first kappa shape index (κ1) is 6.05. The summed E-state index contributed by atoms with van der Waals surface area (Å²) in [4.78, 5) is 0.913. The van der Waals surface area contributed by atoms with Gasteiger partial charge in [-0.1, -0.05) is 15.9 Å². The average Bonchev–Trinajstić information content (AvgIpc) is 2.31. The molecule has 4 fully saturated rings. The number of rotatable bonds is 0. The van der Waals surface area contributed by atoms with Crippen LogP contribution >= 0.6 is 15.9 Å². The molecule has 0 spiro atoms. The van der Waals surface area contributed by atoms with Crippen LogP contribution in [0.1, 0.15) is 25.7 Å². The van der Waals surface area contributed by atoms with E-state index >= 15 is 0 Å². The molecular formula is C9H13Br. The number of hydrogen-bond acceptors (Lipinski definition) is 0. The van der Waals surface area contributed by atoms with Crippen LogP contribution in [0.2, 0.25) is 0 Å². The van der Waals surface area contributed by atoms with Crippen LogP contribution in [0.15, 0.2) is 0 Å². The van der Waals surface area contributed by atoms with E-state index in [0.29, 0.717) is 0 Å². The average molecular weight is 201 g/mol. The maximum atomic E-state index is 3.85. The van der Waals surface area contributed by atoms with Crippen molar-refractivity contribution in [3.8, 4) is 0 Å². The highest BCUT2D eigenvalue weighted by Gasteiger charge is 2.52. The van der Waals surface area contributed by atoms with Crippen LogP contribution in [-0.2, 0) is 0 Å². The van der Waals surface area contributed by atoms with Crippen LogP contribution in [0, 0.1) is 23.7 Å². The third kappa shape index (κ3) is 0.585. The lowest BCUT2D eigenvalue weighted by Crippen LogP contribution is -2.22. The Bertz CT molecular complexity index is 160. The molecule has 4 rings (SSSR count). The Morgan fingerprint density at radius 3 is 2.40 bits per heavy atom. The summed E-state index contributed by atoms with van der Waals surface area (Å²) in [6.07, 6.45) is 6.22. The number of hydrogen-bond donors (Lipinski definition) is 0. The van der Waals surface area contributed by atoms with Gasteiger partial charge in [-0.2, -0.15) is 0 Å². The molecule has 4 aliphatic carbocycles. The Labute approximate surface area is 70.5 Å². The molecule has 0 amide bonds. The zero-order valence-corrected chi connectivity index (χ0v) is 7.68. The third-order valence-corrected chi connectivity index (χ3v) is 5.37. The molecule has 0 saturated heterocycles. The van der Waals surface area contributed by atoms with Crippen molar-refractivity contribution >= 4 is 15.9 Å². The highest BCUT2D eigenvalue weighted by atomic mass is 79.9. The van der Waals surface area contributed by atoms with Crippen molar-refractivity contribution in [2.24, 2.45) is 23.7 Å². The van der Waals surface area contributed by atoms with Gasteiger partial charge >= 0.3 is 0 Å². The van der Waals surface area contributed by atoms with Gasteiger partial charge in [-0.25, -0.2) is 0 Å². The third-order valence-electron chi connectivity index (χ3n) is 3.95. The van der Waals surface area contributed by atoms with E-state index in [1.54, 1.807) is 25.7 Å². The Morgan fingerprint density at radius 2 is 1.70 bits per heavy atom. The Balaban J connectivity index is 1.99. The van der Waals surface area contributed by atoms with Gasteiger partial charge in [-0.15, -0.1) is 0 Å². The van der Waals surface area contributed by atoms with Crippen LogP contribution < -0.4 is 0 Å². The van der Waals surface area contributed by atoms with Crippen molar-refractivity contribution in [3.63, 3.8) is 0 Å². The standard InChI is InChI=1S/C9H13Br/c10-9-7-2-5-1-6(4-7)8(9)3-5/h5-9H,1-4H2. The fourth-order valence-electron chi connectivity index (χ4n) is 3.65. The van der Waals surface area contributed by atoms with E-state index < -0.39 is 0 Å². The smallest absolute Gasteiger partial charge is 0.0205 e. The van der Waals surface area contributed by atoms with E-state index in [-0.39, 0.29) is 0 Å². The Morgan fingerprint density at radius 1 is 0.900 bits per heavy atom. The monoisotopic (exact) mass is 200 g/mol. The molecule has 0 aromatic heterocycles. The minimum Gasteiger partial charge on any atom is -0.0885 e. The van der Waals surface area contributed by atoms with Crippen LogP contribution in [0.5, 0.6) is 0 Å². The van der Waals surface area contributed by atoms with Gasteiger partial charge in [0.05, 0.1) is 0 Å². The first-order valence-electron chi connectivity index (χ1n) is 4.48. The molecule has 0 N–H and O–H groups in total. The number of alkyl halides is 1. The van der Waals surface area contributed by atoms with Gasteiger partial charge in [0, 0.05) is 4.83 Å². The maximum absolute atomic E-state index is 3.85. The van der Waals surface area contributed by atoms with Crippen LogP contribution in [0.3, 0.4) is 0 Å². The van der Waals surface area contributed by atoms with E-state index in [1.807, 2.05) is 0 Å². The summed E-state index contributed by atoms with van der Waals surface area (Å²) in [5.41, 5.74) is 0. The van der Waals surface area contributed by atoms with E-state index in [4.69, 9.17) is 0 Å². The normalized spacial score (nSPS) is 63.9. The second-order valence-electron chi connectivity index (χ2n) is 4.44. The lowest BCUT2D eigenvalue weighted by Gasteiger charge is -2.28. The molecule has 4 saturated carbocycles. The lowest BCUT2D eigenvalue weighted by atomic mass is 9.82. The lowest BCUT2D eigenvalue weighted by molar-refractivity contribution is 0.287. The van der Waals surface area contributed by atoms with Crippen molar-refractivity contribution in [2.45, 2.75) is 30.5 Å². The fraction of sp³-hybridized carbons (Fsp3) is 1.00. The quantitative estimate of drug-likeness (QED) is 0.528. The molecule has 5 unspecified atom stereocenters. The maximum Gasteiger partial charge on any atom is 0.0205 e. The molecule has 1 heteroatoms. The molecule has 0 aromatic rings. The zero-order valence-electron chi connectivity index (χ0n) is 6.09. The van der Waals surface area contributed by atoms with Crippen molar-refractivity contribution in [1.82, 2.24) is 0 Å². The summed E-state index contributed by atoms with van der Waals surface area (Å²) in [5, 5.41) is 0. The summed E-state index contributed by atoms with van der Waals surface area (Å²) < 4.78 is 0. The van der Waals surface area contributed by atoms with Crippen molar-refractivity contribution in [1.29, 1.82) is 0 Å². The molecule has 4 bridgehead atoms. The van der Waals surface area contributed by atoms with E-state index in [0.717, 1.165) is 28.5 Å². The molecule has 5 atom stereocenters. The predicted octanol–water partition coefficient (Wildman–Crippen LogP) is 2.82. The van der Waals surface area contributed by atoms with Crippen LogP contribution in [0.25, 0.3) is 0 Å². The zero-order chi connectivity index (χ0) is 6.72. The summed E-state index contributed by atoms with van der Waals surface area (Å²) in [6, 6.07) is 0. The Hall–Kier alpha value is 0.480. The summed E-state index contributed by atoms with van der Waals surface area (Å²) >= 11 is 3.85. The van der Waals surface area contributed by atoms with E-state index in [9.17, 15) is 0 Å². The minimum atomic E-state index is 0.913. The first-order chi connectivity index (χ1) is 4.84. The van der Waals surface area contributed by atoms with Crippen molar-refractivity contribution < 1.29 is 0 Å². The van der Waals surface area contributed by atoms with Crippen LogP contribution in [0.4, 0.5) is 0 Å². The molecule has 4 aliphatic rings. The minimum absolute atomic E-state index is 0.913. The summed E-state index contributed by atoms with van der Waals surface area (Å²) in [7, 11) is 0. The van der Waals surface area contributed by atoms with E-state index in [2.05, 4.69) is 15.9 Å². The molecule has 0 heterocycles. The van der Waals surface area contributed by atoms with Crippen molar-refractivity contribution in [2.75, 3.05) is 0 Å². The molecule has 0 nitrogen and oxygen atoms in total. The van der Waals surface area contributed by atoms with Gasteiger partial charge in [0.2, 0.25) is 0 Å².